The van der Waals surface area contributed by atoms with E-state index < -0.39 is 5.91 Å². The first kappa shape index (κ1) is 20.1. The van der Waals surface area contributed by atoms with E-state index in [-0.39, 0.29) is 17.3 Å². The molecule has 3 aromatic rings. The minimum absolute atomic E-state index is 0.0311. The number of amides is 2. The van der Waals surface area contributed by atoms with Gasteiger partial charge in [-0.1, -0.05) is 12.1 Å². The van der Waals surface area contributed by atoms with Crippen LogP contribution in [-0.4, -0.2) is 53.9 Å². The van der Waals surface area contributed by atoms with Gasteiger partial charge < -0.3 is 19.9 Å². The van der Waals surface area contributed by atoms with Gasteiger partial charge in [0.05, 0.1) is 18.0 Å². The molecule has 0 aliphatic rings. The van der Waals surface area contributed by atoms with Crippen molar-refractivity contribution in [3.05, 3.63) is 70.3 Å². The molecule has 8 nitrogen and oxygen atoms in total. The summed E-state index contributed by atoms with van der Waals surface area (Å²) < 4.78 is 5.09. The molecule has 2 N–H and O–H groups in total. The fourth-order valence-electron chi connectivity index (χ4n) is 2.85. The van der Waals surface area contributed by atoms with Gasteiger partial charge in [-0.2, -0.15) is 0 Å². The molecule has 29 heavy (non-hydrogen) atoms. The number of nitrogens with one attached hydrogen (secondary N) is 2. The van der Waals surface area contributed by atoms with Crippen LogP contribution in [-0.2, 0) is 0 Å². The first-order valence-electron chi connectivity index (χ1n) is 9.16. The summed E-state index contributed by atoms with van der Waals surface area (Å²) in [7, 11) is 3.27. The quantitative estimate of drug-likeness (QED) is 0.595. The largest absolute Gasteiger partial charge is 0.497 e. The molecule has 0 atom stereocenters. The van der Waals surface area contributed by atoms with E-state index in [9.17, 15) is 14.4 Å². The number of aromatic amines is 1. The highest BCUT2D eigenvalue weighted by atomic mass is 16.5. The number of para-hydroxylation sites is 1. The topological polar surface area (TPSA) is 104 Å². The molecule has 0 fully saturated rings. The lowest BCUT2D eigenvalue weighted by Crippen LogP contribution is -2.32. The van der Waals surface area contributed by atoms with Gasteiger partial charge in [-0.15, -0.1) is 0 Å². The number of benzene rings is 2. The molecule has 0 radical (unpaired) electrons. The summed E-state index contributed by atoms with van der Waals surface area (Å²) in [6.45, 7) is 0.808. The predicted molar refractivity (Wildman–Crippen MR) is 109 cm³/mol. The number of hydrogen-bond donors (Lipinski definition) is 2. The van der Waals surface area contributed by atoms with Crippen LogP contribution in [0.15, 0.2) is 53.3 Å². The van der Waals surface area contributed by atoms with E-state index in [0.717, 1.165) is 0 Å². The van der Waals surface area contributed by atoms with Gasteiger partial charge in [0.25, 0.3) is 17.4 Å². The Bertz CT molecular complexity index is 1080. The Morgan fingerprint density at radius 3 is 2.59 bits per heavy atom. The van der Waals surface area contributed by atoms with Gasteiger partial charge in [-0.05, 0) is 42.8 Å². The smallest absolute Gasteiger partial charge is 0.287 e. The van der Waals surface area contributed by atoms with Crippen molar-refractivity contribution in [1.82, 2.24) is 20.2 Å². The fourth-order valence-corrected chi connectivity index (χ4v) is 2.85. The lowest BCUT2D eigenvalue weighted by atomic mass is 10.2. The lowest BCUT2D eigenvalue weighted by molar-refractivity contribution is 0.0793. The molecule has 3 rings (SSSR count). The van der Waals surface area contributed by atoms with Gasteiger partial charge in [0, 0.05) is 25.7 Å². The molecule has 2 amide bonds. The summed E-state index contributed by atoms with van der Waals surface area (Å²) in [6.07, 6.45) is 0.557. The molecular weight excluding hydrogens is 372 g/mol. The molecule has 0 bridgehead atoms. The molecule has 1 heterocycles. The van der Waals surface area contributed by atoms with E-state index in [1.165, 1.54) is 0 Å². The van der Waals surface area contributed by atoms with Crippen LogP contribution in [0.2, 0.25) is 0 Å². The predicted octanol–water partition coefficient (Wildman–Crippen LogP) is 1.82. The summed E-state index contributed by atoms with van der Waals surface area (Å²) in [5, 5.41) is 3.15. The number of ether oxygens (including phenoxy) is 1. The van der Waals surface area contributed by atoms with E-state index in [2.05, 4.69) is 15.3 Å². The number of hydrogen-bond acceptors (Lipinski definition) is 5. The molecular formula is C21H22N4O4. The van der Waals surface area contributed by atoms with E-state index in [0.29, 0.717) is 41.7 Å². The van der Waals surface area contributed by atoms with Gasteiger partial charge in [-0.3, -0.25) is 14.4 Å². The summed E-state index contributed by atoms with van der Waals surface area (Å²) >= 11 is 0. The highest BCUT2D eigenvalue weighted by Crippen LogP contribution is 2.12. The molecule has 2 aromatic carbocycles. The SMILES string of the molecule is COc1ccc(C(=O)N(C)CCCNC(=O)c2nc3ccccc3c(=O)[nH]2)cc1. The number of carbonyl (C=O) groups is 2. The minimum Gasteiger partial charge on any atom is -0.497 e. The van der Waals surface area contributed by atoms with Crippen LogP contribution in [0.3, 0.4) is 0 Å². The first-order valence-corrected chi connectivity index (χ1v) is 9.16. The Morgan fingerprint density at radius 2 is 1.86 bits per heavy atom. The van der Waals surface area contributed by atoms with Crippen LogP contribution in [0, 0.1) is 0 Å². The molecule has 0 spiro atoms. The number of nitrogens with zero attached hydrogens (tertiary/aromatic N) is 2. The number of rotatable bonds is 7. The van der Waals surface area contributed by atoms with Crippen molar-refractivity contribution in [2.24, 2.45) is 0 Å². The third kappa shape index (κ3) is 4.78. The molecule has 0 aliphatic heterocycles. The lowest BCUT2D eigenvalue weighted by Gasteiger charge is -2.17. The van der Waals surface area contributed by atoms with Gasteiger partial charge in [0.15, 0.2) is 5.82 Å². The Balaban J connectivity index is 1.51. The first-order chi connectivity index (χ1) is 14.0. The van der Waals surface area contributed by atoms with E-state index in [1.54, 1.807) is 67.6 Å². The molecule has 8 heteroatoms. The van der Waals surface area contributed by atoms with Crippen LogP contribution in [0.1, 0.15) is 27.4 Å². The number of carbonyl (C=O) groups excluding carboxylic acids is 2. The maximum Gasteiger partial charge on any atom is 0.287 e. The van der Waals surface area contributed by atoms with Crippen LogP contribution in [0.4, 0.5) is 0 Å². The molecule has 0 unspecified atom stereocenters. The Labute approximate surface area is 167 Å². The number of H-pyrrole nitrogens is 1. The zero-order valence-corrected chi connectivity index (χ0v) is 16.3. The maximum atomic E-state index is 12.4. The van der Waals surface area contributed by atoms with Crippen molar-refractivity contribution in [2.75, 3.05) is 27.2 Å². The summed E-state index contributed by atoms with van der Waals surface area (Å²) in [4.78, 5) is 45.0. The van der Waals surface area contributed by atoms with Crippen molar-refractivity contribution in [1.29, 1.82) is 0 Å². The normalized spacial score (nSPS) is 10.6. The summed E-state index contributed by atoms with van der Waals surface area (Å²) in [5.74, 6) is 0.0834. The Kier molecular flexibility index (Phi) is 6.23. The highest BCUT2D eigenvalue weighted by molar-refractivity contribution is 5.94. The second-order valence-electron chi connectivity index (χ2n) is 6.50. The van der Waals surface area contributed by atoms with Crippen LogP contribution < -0.4 is 15.6 Å². The van der Waals surface area contributed by atoms with Gasteiger partial charge in [0.2, 0.25) is 0 Å². The molecule has 0 aliphatic carbocycles. The minimum atomic E-state index is -0.461. The monoisotopic (exact) mass is 394 g/mol. The Morgan fingerprint density at radius 1 is 1.14 bits per heavy atom. The highest BCUT2D eigenvalue weighted by Gasteiger charge is 2.13. The van der Waals surface area contributed by atoms with Crippen molar-refractivity contribution in [3.8, 4) is 5.75 Å². The molecule has 0 saturated heterocycles. The summed E-state index contributed by atoms with van der Waals surface area (Å²) in [5.41, 5.74) is 0.673. The third-order valence-corrected chi connectivity index (χ3v) is 4.47. The maximum absolute atomic E-state index is 12.4. The van der Waals surface area contributed by atoms with Crippen molar-refractivity contribution >= 4 is 22.7 Å². The average Bonchev–Trinajstić information content (AvgIpc) is 2.76. The van der Waals surface area contributed by atoms with Crippen LogP contribution in [0.5, 0.6) is 5.75 Å². The zero-order valence-electron chi connectivity index (χ0n) is 16.3. The van der Waals surface area contributed by atoms with Crippen LogP contribution >= 0.6 is 0 Å². The van der Waals surface area contributed by atoms with Crippen LogP contribution in [0.25, 0.3) is 10.9 Å². The van der Waals surface area contributed by atoms with Crippen molar-refractivity contribution < 1.29 is 14.3 Å². The van der Waals surface area contributed by atoms with Crippen molar-refractivity contribution in [2.45, 2.75) is 6.42 Å². The second-order valence-corrected chi connectivity index (χ2v) is 6.50. The molecule has 0 saturated carbocycles. The molecule has 150 valence electrons. The average molecular weight is 394 g/mol. The van der Waals surface area contributed by atoms with Gasteiger partial charge in [-0.25, -0.2) is 4.98 Å². The number of aromatic nitrogens is 2. The molecule has 1 aromatic heterocycles. The van der Waals surface area contributed by atoms with E-state index in [1.807, 2.05) is 0 Å². The second kappa shape index (κ2) is 9.01. The van der Waals surface area contributed by atoms with Crippen molar-refractivity contribution in [3.63, 3.8) is 0 Å². The third-order valence-electron chi connectivity index (χ3n) is 4.47. The number of fused-ring (bicyclic) bond motifs is 1. The summed E-state index contributed by atoms with van der Waals surface area (Å²) in [6, 6.07) is 13.7. The Hall–Kier alpha value is -3.68. The zero-order chi connectivity index (χ0) is 20.8. The van der Waals surface area contributed by atoms with E-state index in [4.69, 9.17) is 4.74 Å². The standard InChI is InChI=1S/C21H22N4O4/c1-25(21(28)14-8-10-15(29-2)11-9-14)13-5-12-22-20(27)18-23-17-7-4-3-6-16(17)19(26)24-18/h3-4,6-11H,5,12-13H2,1-2H3,(H,22,27)(H,23,24,26). The van der Waals surface area contributed by atoms with E-state index >= 15 is 0 Å². The van der Waals surface area contributed by atoms with Gasteiger partial charge in [0.1, 0.15) is 5.75 Å². The fraction of sp³-hybridized carbons (Fsp3) is 0.238. The number of methoxy groups -OCH3 is 1. The van der Waals surface area contributed by atoms with Gasteiger partial charge >= 0.3 is 0 Å².